The predicted octanol–water partition coefficient (Wildman–Crippen LogP) is 5.48. The number of nitrogens with one attached hydrogen (secondary N) is 1. The molecule has 1 aromatic heterocycles. The maximum atomic E-state index is 13.6. The van der Waals surface area contributed by atoms with Crippen molar-refractivity contribution in [3.63, 3.8) is 0 Å². The maximum absolute atomic E-state index is 13.6. The molecule has 0 unspecified atom stereocenters. The number of fused-ring (bicyclic) bond motifs is 1. The Morgan fingerprint density at radius 2 is 1.68 bits per heavy atom. The van der Waals surface area contributed by atoms with Gasteiger partial charge in [0.25, 0.3) is 15.9 Å². The lowest BCUT2D eigenvalue weighted by molar-refractivity contribution is 0.0985. The molecule has 0 radical (unpaired) electrons. The van der Waals surface area contributed by atoms with E-state index in [4.69, 9.17) is 4.98 Å². The zero-order chi connectivity index (χ0) is 26.0. The average Bonchev–Trinajstić information content (AvgIpc) is 3.21. The van der Waals surface area contributed by atoms with Crippen LogP contribution in [0.5, 0.6) is 0 Å². The number of hydrogen-bond acceptors (Lipinski definition) is 6. The fraction of sp³-hybridized carbons (Fsp3) is 0.231. The third-order valence-electron chi connectivity index (χ3n) is 5.73. The number of nitrogens with zero attached hydrogens (tertiary/aromatic N) is 3. The molecule has 0 aliphatic carbocycles. The van der Waals surface area contributed by atoms with Gasteiger partial charge in [0, 0.05) is 24.3 Å². The van der Waals surface area contributed by atoms with Gasteiger partial charge >= 0.3 is 0 Å². The van der Waals surface area contributed by atoms with Crippen LogP contribution in [0.2, 0.25) is 0 Å². The SMILES string of the molecule is Cc1cc2nc(N(CCN(C)C)C(=O)c3cccc(NS(=O)(=O)c4ccc(F)cc4)c3)sc2cc1C.Cl. The minimum absolute atomic E-state index is 0. The Morgan fingerprint density at radius 1 is 1.00 bits per heavy atom. The third-order valence-corrected chi connectivity index (χ3v) is 8.16. The van der Waals surface area contributed by atoms with Crippen molar-refractivity contribution < 1.29 is 17.6 Å². The Bertz CT molecular complexity index is 1480. The summed E-state index contributed by atoms with van der Waals surface area (Å²) in [5.41, 5.74) is 3.67. The second-order valence-electron chi connectivity index (χ2n) is 8.80. The molecule has 3 aromatic carbocycles. The van der Waals surface area contributed by atoms with Gasteiger partial charge in [-0.1, -0.05) is 17.4 Å². The van der Waals surface area contributed by atoms with Crippen LogP contribution in [0, 0.1) is 19.7 Å². The molecule has 0 aliphatic heterocycles. The Balaban J connectivity index is 0.00000380. The van der Waals surface area contributed by atoms with Gasteiger partial charge in [-0.2, -0.15) is 0 Å². The fourth-order valence-corrected chi connectivity index (χ4v) is 5.69. The molecule has 0 spiro atoms. The highest BCUT2D eigenvalue weighted by Gasteiger charge is 2.23. The quantitative estimate of drug-likeness (QED) is 0.307. The summed E-state index contributed by atoms with van der Waals surface area (Å²) in [6, 6.07) is 14.9. The number of carbonyl (C=O) groups excluding carboxylic acids is 1. The van der Waals surface area contributed by atoms with E-state index >= 15 is 0 Å². The summed E-state index contributed by atoms with van der Waals surface area (Å²) >= 11 is 1.45. The van der Waals surface area contributed by atoms with E-state index in [0.29, 0.717) is 23.8 Å². The summed E-state index contributed by atoms with van der Waals surface area (Å²) < 4.78 is 42.2. The smallest absolute Gasteiger partial charge is 0.261 e. The molecule has 1 heterocycles. The number of rotatable bonds is 8. The lowest BCUT2D eigenvalue weighted by Gasteiger charge is -2.22. The van der Waals surface area contributed by atoms with Gasteiger partial charge in [0.1, 0.15) is 5.82 Å². The van der Waals surface area contributed by atoms with E-state index in [0.717, 1.165) is 33.5 Å². The summed E-state index contributed by atoms with van der Waals surface area (Å²) in [6.07, 6.45) is 0. The molecular weight excluding hydrogens is 535 g/mol. The third kappa shape index (κ3) is 6.64. The van der Waals surface area contributed by atoms with Gasteiger partial charge in [0.15, 0.2) is 5.13 Å². The van der Waals surface area contributed by atoms with Crippen molar-refractivity contribution in [3.8, 4) is 0 Å². The molecule has 0 fully saturated rings. The zero-order valence-corrected chi connectivity index (χ0v) is 23.3. The first-order chi connectivity index (χ1) is 17.0. The van der Waals surface area contributed by atoms with Crippen LogP contribution in [0.15, 0.2) is 65.6 Å². The molecule has 0 aliphatic rings. The van der Waals surface area contributed by atoms with Crippen molar-refractivity contribution in [2.45, 2.75) is 18.7 Å². The molecule has 4 aromatic rings. The fourth-order valence-electron chi connectivity index (χ4n) is 3.57. The van der Waals surface area contributed by atoms with Crippen molar-refractivity contribution >= 4 is 60.7 Å². The van der Waals surface area contributed by atoms with Crippen LogP contribution >= 0.6 is 23.7 Å². The van der Waals surface area contributed by atoms with Gasteiger partial charge in [0.2, 0.25) is 0 Å². The van der Waals surface area contributed by atoms with Crippen molar-refractivity contribution in [2.24, 2.45) is 0 Å². The number of likely N-dealkylation sites (N-methyl/N-ethyl adjacent to an activating group) is 1. The number of anilines is 2. The number of hydrogen-bond donors (Lipinski definition) is 1. The predicted molar refractivity (Wildman–Crippen MR) is 150 cm³/mol. The number of carbonyl (C=O) groups is 1. The highest BCUT2D eigenvalue weighted by Crippen LogP contribution is 2.32. The summed E-state index contributed by atoms with van der Waals surface area (Å²) in [5, 5.41) is 0.583. The summed E-state index contributed by atoms with van der Waals surface area (Å²) in [6.45, 7) is 5.11. The highest BCUT2D eigenvalue weighted by atomic mass is 35.5. The molecule has 11 heteroatoms. The zero-order valence-electron chi connectivity index (χ0n) is 20.9. The first-order valence-electron chi connectivity index (χ1n) is 11.3. The number of halogens is 2. The Morgan fingerprint density at radius 3 is 2.35 bits per heavy atom. The normalized spacial score (nSPS) is 11.4. The van der Waals surface area contributed by atoms with Gasteiger partial charge in [0.05, 0.1) is 15.1 Å². The molecule has 1 amide bonds. The number of sulfonamides is 1. The first kappa shape index (κ1) is 28.5. The van der Waals surface area contributed by atoms with E-state index in [9.17, 15) is 17.6 Å². The molecule has 4 rings (SSSR count). The van der Waals surface area contributed by atoms with Crippen LogP contribution in [-0.2, 0) is 10.0 Å². The Labute approximate surface area is 226 Å². The largest absolute Gasteiger partial charge is 0.308 e. The highest BCUT2D eigenvalue weighted by molar-refractivity contribution is 7.92. The van der Waals surface area contributed by atoms with Crippen molar-refractivity contribution in [3.05, 3.63) is 83.2 Å². The van der Waals surface area contributed by atoms with E-state index in [1.165, 1.54) is 29.5 Å². The van der Waals surface area contributed by atoms with E-state index in [1.54, 1.807) is 23.1 Å². The molecule has 0 bridgehead atoms. The van der Waals surface area contributed by atoms with Gasteiger partial charge < -0.3 is 4.90 Å². The summed E-state index contributed by atoms with van der Waals surface area (Å²) in [7, 11) is -0.0922. The number of benzene rings is 3. The lowest BCUT2D eigenvalue weighted by Crippen LogP contribution is -2.36. The monoisotopic (exact) mass is 562 g/mol. The van der Waals surface area contributed by atoms with Crippen LogP contribution in [-0.4, -0.2) is 51.4 Å². The molecule has 7 nitrogen and oxygen atoms in total. The van der Waals surface area contributed by atoms with Gasteiger partial charge in [-0.25, -0.2) is 17.8 Å². The number of amides is 1. The van der Waals surface area contributed by atoms with Crippen LogP contribution in [0.25, 0.3) is 10.2 Å². The molecular formula is C26H28ClFN4O3S2. The van der Waals surface area contributed by atoms with Crippen LogP contribution in [0.3, 0.4) is 0 Å². The van der Waals surface area contributed by atoms with Crippen molar-refractivity contribution in [2.75, 3.05) is 36.8 Å². The number of aromatic nitrogens is 1. The molecule has 0 saturated heterocycles. The van der Waals surface area contributed by atoms with E-state index in [1.807, 2.05) is 38.9 Å². The van der Waals surface area contributed by atoms with Crippen LogP contribution < -0.4 is 9.62 Å². The Kier molecular flexibility index (Phi) is 8.91. The second kappa shape index (κ2) is 11.6. The van der Waals surface area contributed by atoms with E-state index < -0.39 is 15.8 Å². The van der Waals surface area contributed by atoms with Crippen molar-refractivity contribution in [1.82, 2.24) is 9.88 Å². The summed E-state index contributed by atoms with van der Waals surface area (Å²) in [4.78, 5) is 21.9. The van der Waals surface area contributed by atoms with Crippen LogP contribution in [0.1, 0.15) is 21.5 Å². The van der Waals surface area contributed by atoms with E-state index in [-0.39, 0.29) is 28.9 Å². The first-order valence-corrected chi connectivity index (χ1v) is 13.6. The Hall–Kier alpha value is -3.05. The minimum Gasteiger partial charge on any atom is -0.308 e. The van der Waals surface area contributed by atoms with Gasteiger partial charge in [-0.3, -0.25) is 14.4 Å². The number of thiazole rings is 1. The van der Waals surface area contributed by atoms with Gasteiger partial charge in [-0.15, -0.1) is 12.4 Å². The minimum atomic E-state index is -3.95. The lowest BCUT2D eigenvalue weighted by atomic mass is 10.1. The molecule has 0 saturated carbocycles. The molecule has 196 valence electrons. The average molecular weight is 563 g/mol. The van der Waals surface area contributed by atoms with E-state index in [2.05, 4.69) is 10.8 Å². The summed E-state index contributed by atoms with van der Waals surface area (Å²) in [5.74, 6) is -0.813. The van der Waals surface area contributed by atoms with Crippen molar-refractivity contribution in [1.29, 1.82) is 0 Å². The molecule has 37 heavy (non-hydrogen) atoms. The second-order valence-corrected chi connectivity index (χ2v) is 11.5. The molecule has 0 atom stereocenters. The maximum Gasteiger partial charge on any atom is 0.261 e. The van der Waals surface area contributed by atoms with Crippen LogP contribution in [0.4, 0.5) is 15.2 Å². The topological polar surface area (TPSA) is 82.6 Å². The standard InChI is InChI=1S/C26H27FN4O3S2.ClH/c1-17-14-23-24(15-18(17)2)35-26(28-23)31(13-12-30(3)4)25(32)19-6-5-7-21(16-19)29-36(33,34)22-10-8-20(27)9-11-22;/h5-11,14-16,29H,12-13H2,1-4H3;1H. The van der Waals surface area contributed by atoms with Gasteiger partial charge in [-0.05, 0) is 93.7 Å². The number of aryl methyl sites for hydroxylation is 2. The molecule has 1 N–H and O–H groups in total.